The monoisotopic (exact) mass is 283 g/mol. The maximum atomic E-state index is 12.2. The second-order valence-electron chi connectivity index (χ2n) is 5.18. The summed E-state index contributed by atoms with van der Waals surface area (Å²) in [4.78, 5) is 12.2. The van der Waals surface area contributed by atoms with Gasteiger partial charge in [-0.05, 0) is 54.0 Å². The van der Waals surface area contributed by atoms with Gasteiger partial charge in [0, 0.05) is 13.2 Å². The maximum absolute atomic E-state index is 12.2. The van der Waals surface area contributed by atoms with Crippen molar-refractivity contribution in [1.82, 2.24) is 5.32 Å². The van der Waals surface area contributed by atoms with Crippen molar-refractivity contribution >= 4 is 17.2 Å². The summed E-state index contributed by atoms with van der Waals surface area (Å²) in [6.45, 7) is 7.00. The topological polar surface area (TPSA) is 49.3 Å². The lowest BCUT2D eigenvalue weighted by molar-refractivity contribution is -0.122. The summed E-state index contributed by atoms with van der Waals surface area (Å²) in [5.74, 6) is -0.0330. The molecule has 1 amide bonds. The fourth-order valence-corrected chi connectivity index (χ4v) is 3.03. The van der Waals surface area contributed by atoms with E-state index in [2.05, 4.69) is 19.2 Å². The van der Waals surface area contributed by atoms with E-state index < -0.39 is 0 Å². The number of nitrogens with one attached hydrogen (secondary N) is 1. The summed E-state index contributed by atoms with van der Waals surface area (Å²) >= 11 is 1.61. The number of hydrogen-bond donors (Lipinski definition) is 2. The van der Waals surface area contributed by atoms with Crippen molar-refractivity contribution in [2.24, 2.45) is 5.41 Å². The molecule has 0 saturated carbocycles. The highest BCUT2D eigenvalue weighted by atomic mass is 32.1. The number of carbonyl (C=O) groups excluding carboxylic acids is 1. The zero-order valence-corrected chi connectivity index (χ0v) is 12.9. The Balaban J connectivity index is 2.57. The van der Waals surface area contributed by atoms with Crippen molar-refractivity contribution in [3.8, 4) is 0 Å². The van der Waals surface area contributed by atoms with Gasteiger partial charge in [-0.25, -0.2) is 0 Å². The van der Waals surface area contributed by atoms with Crippen LogP contribution in [0, 0.1) is 5.41 Å². The smallest absolute Gasteiger partial charge is 0.227 e. The molecule has 0 aliphatic heterocycles. The van der Waals surface area contributed by atoms with Crippen molar-refractivity contribution in [3.63, 3.8) is 0 Å². The molecule has 0 fully saturated rings. The molecule has 0 saturated heterocycles. The van der Waals surface area contributed by atoms with Crippen LogP contribution in [-0.4, -0.2) is 24.2 Å². The molecule has 1 aromatic heterocycles. The molecule has 3 nitrogen and oxygen atoms in total. The Bertz CT molecular complexity index is 372. The lowest BCUT2D eigenvalue weighted by atomic mass is 9.79. The van der Waals surface area contributed by atoms with Crippen LogP contribution in [0.5, 0.6) is 0 Å². The minimum absolute atomic E-state index is 0.0266. The average Bonchev–Trinajstić information content (AvgIpc) is 2.96. The number of thiophene rings is 1. The van der Waals surface area contributed by atoms with Crippen LogP contribution in [0.2, 0.25) is 0 Å². The van der Waals surface area contributed by atoms with E-state index in [1.165, 1.54) is 0 Å². The fraction of sp³-hybridized carbons (Fsp3) is 0.667. The molecule has 0 aliphatic rings. The molecule has 19 heavy (non-hydrogen) atoms. The van der Waals surface area contributed by atoms with Crippen molar-refractivity contribution in [1.29, 1.82) is 0 Å². The van der Waals surface area contributed by atoms with Crippen LogP contribution in [0.15, 0.2) is 16.8 Å². The number of aliphatic hydroxyl groups excluding tert-OH is 1. The largest absolute Gasteiger partial charge is 0.396 e. The SMILES string of the molecule is CCC(CC)(CCO)CNC(=O)C(C)c1ccsc1. The van der Waals surface area contributed by atoms with E-state index in [1.807, 2.05) is 23.8 Å². The highest BCUT2D eigenvalue weighted by molar-refractivity contribution is 7.08. The number of amides is 1. The van der Waals surface area contributed by atoms with Crippen LogP contribution >= 0.6 is 11.3 Å². The molecule has 1 unspecified atom stereocenters. The third-order valence-corrected chi connectivity index (χ3v) is 4.92. The van der Waals surface area contributed by atoms with Crippen LogP contribution in [0.4, 0.5) is 0 Å². The van der Waals surface area contributed by atoms with Gasteiger partial charge in [0.1, 0.15) is 0 Å². The molecule has 1 heterocycles. The van der Waals surface area contributed by atoms with E-state index in [0.29, 0.717) is 6.54 Å². The zero-order valence-electron chi connectivity index (χ0n) is 12.1. The Morgan fingerprint density at radius 1 is 1.47 bits per heavy atom. The van der Waals surface area contributed by atoms with Gasteiger partial charge in [-0.3, -0.25) is 4.79 Å². The second kappa shape index (κ2) is 7.65. The molecule has 1 atom stereocenters. The number of carbonyl (C=O) groups is 1. The molecule has 4 heteroatoms. The molecule has 2 N–H and O–H groups in total. The third-order valence-electron chi connectivity index (χ3n) is 4.22. The van der Waals surface area contributed by atoms with Gasteiger partial charge in [-0.2, -0.15) is 11.3 Å². The summed E-state index contributed by atoms with van der Waals surface area (Å²) < 4.78 is 0. The van der Waals surface area contributed by atoms with Crippen LogP contribution < -0.4 is 5.32 Å². The van der Waals surface area contributed by atoms with E-state index in [0.717, 1.165) is 24.8 Å². The molecule has 1 rings (SSSR count). The van der Waals surface area contributed by atoms with Gasteiger partial charge in [0.15, 0.2) is 0 Å². The first-order valence-corrected chi connectivity index (χ1v) is 7.93. The predicted molar refractivity (Wildman–Crippen MR) is 80.5 cm³/mol. The van der Waals surface area contributed by atoms with Gasteiger partial charge in [0.25, 0.3) is 0 Å². The third kappa shape index (κ3) is 4.32. The molecule has 0 aromatic carbocycles. The van der Waals surface area contributed by atoms with Crippen LogP contribution in [-0.2, 0) is 4.79 Å². The van der Waals surface area contributed by atoms with Gasteiger partial charge in [0.2, 0.25) is 5.91 Å². The zero-order chi connectivity index (χ0) is 14.3. The molecule has 0 aliphatic carbocycles. The Hall–Kier alpha value is -0.870. The first-order chi connectivity index (χ1) is 9.08. The van der Waals surface area contributed by atoms with Gasteiger partial charge >= 0.3 is 0 Å². The van der Waals surface area contributed by atoms with E-state index in [-0.39, 0.29) is 23.8 Å². The van der Waals surface area contributed by atoms with Crippen molar-refractivity contribution in [2.75, 3.05) is 13.2 Å². The van der Waals surface area contributed by atoms with Gasteiger partial charge < -0.3 is 10.4 Å². The van der Waals surface area contributed by atoms with Crippen molar-refractivity contribution < 1.29 is 9.90 Å². The average molecular weight is 283 g/mol. The number of aliphatic hydroxyl groups is 1. The maximum Gasteiger partial charge on any atom is 0.227 e. The highest BCUT2D eigenvalue weighted by Gasteiger charge is 2.27. The Labute approximate surface area is 120 Å². The second-order valence-corrected chi connectivity index (χ2v) is 5.96. The van der Waals surface area contributed by atoms with E-state index >= 15 is 0 Å². The molecule has 0 radical (unpaired) electrons. The summed E-state index contributed by atoms with van der Waals surface area (Å²) in [6, 6.07) is 2.00. The summed E-state index contributed by atoms with van der Waals surface area (Å²) in [6.07, 6.45) is 2.68. The fourth-order valence-electron chi connectivity index (χ4n) is 2.28. The van der Waals surface area contributed by atoms with Gasteiger partial charge in [-0.1, -0.05) is 13.8 Å². The van der Waals surface area contributed by atoms with Gasteiger partial charge in [-0.15, -0.1) is 0 Å². The summed E-state index contributed by atoms with van der Waals surface area (Å²) in [5, 5.41) is 16.2. The van der Waals surface area contributed by atoms with Crippen molar-refractivity contribution in [2.45, 2.75) is 46.0 Å². The number of hydrogen-bond acceptors (Lipinski definition) is 3. The lowest BCUT2D eigenvalue weighted by Crippen LogP contribution is -2.39. The van der Waals surface area contributed by atoms with Crippen LogP contribution in [0.3, 0.4) is 0 Å². The molecule has 1 aromatic rings. The molecule has 0 bridgehead atoms. The number of rotatable bonds is 8. The summed E-state index contributed by atoms with van der Waals surface area (Å²) in [7, 11) is 0. The highest BCUT2D eigenvalue weighted by Crippen LogP contribution is 2.29. The van der Waals surface area contributed by atoms with E-state index in [9.17, 15) is 9.90 Å². The minimum Gasteiger partial charge on any atom is -0.396 e. The van der Waals surface area contributed by atoms with Crippen LogP contribution in [0.25, 0.3) is 0 Å². The normalized spacial score (nSPS) is 13.3. The Morgan fingerprint density at radius 2 is 2.16 bits per heavy atom. The first-order valence-electron chi connectivity index (χ1n) is 6.99. The quantitative estimate of drug-likeness (QED) is 0.770. The first kappa shape index (κ1) is 16.2. The molecule has 0 spiro atoms. The molecule has 108 valence electrons. The summed E-state index contributed by atoms with van der Waals surface area (Å²) in [5.41, 5.74) is 1.10. The minimum atomic E-state index is -0.105. The lowest BCUT2D eigenvalue weighted by Gasteiger charge is -2.31. The van der Waals surface area contributed by atoms with Crippen molar-refractivity contribution in [3.05, 3.63) is 22.4 Å². The predicted octanol–water partition coefficient (Wildman–Crippen LogP) is 3.16. The molecular formula is C15H25NO2S. The molecular weight excluding hydrogens is 258 g/mol. The Morgan fingerprint density at radius 3 is 2.63 bits per heavy atom. The van der Waals surface area contributed by atoms with Gasteiger partial charge in [0.05, 0.1) is 5.92 Å². The van der Waals surface area contributed by atoms with E-state index in [1.54, 1.807) is 11.3 Å². The van der Waals surface area contributed by atoms with E-state index in [4.69, 9.17) is 0 Å². The standard InChI is InChI=1S/C15H25NO2S/c1-4-15(5-2,7-8-17)11-16-14(18)12(3)13-6-9-19-10-13/h6,9-10,12,17H,4-5,7-8,11H2,1-3H3,(H,16,18). The Kier molecular flexibility index (Phi) is 6.52. The van der Waals surface area contributed by atoms with Crippen LogP contribution in [0.1, 0.15) is 51.5 Å².